The summed E-state index contributed by atoms with van der Waals surface area (Å²) >= 11 is 9.12. The van der Waals surface area contributed by atoms with Gasteiger partial charge in [-0.2, -0.15) is 4.68 Å². The molecule has 3 rings (SSSR count). The van der Waals surface area contributed by atoms with Crippen LogP contribution in [-0.2, 0) is 4.79 Å². The largest absolute Gasteiger partial charge is 0.280 e. The van der Waals surface area contributed by atoms with Gasteiger partial charge in [-0.3, -0.25) is 9.59 Å². The molecular weight excluding hydrogens is 394 g/mol. The number of amides is 1. The lowest BCUT2D eigenvalue weighted by Crippen LogP contribution is -2.45. The Balaban J connectivity index is 2.32. The summed E-state index contributed by atoms with van der Waals surface area (Å²) in [5, 5.41) is 1.68. The van der Waals surface area contributed by atoms with E-state index in [1.54, 1.807) is 43.3 Å². The molecule has 1 amide bonds. The molecule has 2 aromatic carbocycles. The van der Waals surface area contributed by atoms with Gasteiger partial charge in [-0.15, -0.1) is 11.6 Å². The van der Waals surface area contributed by atoms with Crippen molar-refractivity contribution in [2.45, 2.75) is 6.92 Å². The zero-order chi connectivity index (χ0) is 17.3. The monoisotopic (exact) mass is 405 g/mol. The molecule has 0 aliphatic rings. The van der Waals surface area contributed by atoms with Crippen LogP contribution in [0.1, 0.15) is 5.82 Å². The van der Waals surface area contributed by atoms with Gasteiger partial charge in [-0.1, -0.05) is 34.1 Å². The predicted octanol–water partition coefficient (Wildman–Crippen LogP) is 3.50. The maximum atomic E-state index is 13.0. The molecule has 1 aromatic heterocycles. The summed E-state index contributed by atoms with van der Waals surface area (Å²) in [5.74, 6) is -0.265. The number of hydrogen-bond acceptors (Lipinski definition) is 3. The van der Waals surface area contributed by atoms with E-state index in [9.17, 15) is 9.59 Å². The summed E-state index contributed by atoms with van der Waals surface area (Å²) in [6.07, 6.45) is 0. The lowest BCUT2D eigenvalue weighted by atomic mass is 10.2. The number of anilines is 1. The Labute approximate surface area is 151 Å². The molecule has 1 heterocycles. The van der Waals surface area contributed by atoms with Crippen LogP contribution < -0.4 is 10.6 Å². The highest BCUT2D eigenvalue weighted by Gasteiger charge is 2.21. The molecule has 5 nitrogen and oxygen atoms in total. The summed E-state index contributed by atoms with van der Waals surface area (Å²) in [4.78, 5) is 29.9. The molecule has 0 saturated heterocycles. The SMILES string of the molecule is Cc1nc2ccc(Br)cc2c(=O)n1N(C(=O)CCl)c1ccccc1. The van der Waals surface area contributed by atoms with Crippen LogP contribution in [0, 0.1) is 6.92 Å². The second-order valence-corrected chi connectivity index (χ2v) is 6.30. The van der Waals surface area contributed by atoms with Crippen LogP contribution in [0.25, 0.3) is 10.9 Å². The summed E-state index contributed by atoms with van der Waals surface area (Å²) in [6, 6.07) is 14.1. The third kappa shape index (κ3) is 2.95. The van der Waals surface area contributed by atoms with Crippen LogP contribution in [0.2, 0.25) is 0 Å². The summed E-state index contributed by atoms with van der Waals surface area (Å²) in [5.41, 5.74) is 0.786. The Morgan fingerprint density at radius 2 is 1.96 bits per heavy atom. The fraction of sp³-hybridized carbons (Fsp3) is 0.118. The summed E-state index contributed by atoms with van der Waals surface area (Å²) < 4.78 is 2.02. The van der Waals surface area contributed by atoms with Crippen molar-refractivity contribution in [1.82, 2.24) is 9.66 Å². The molecule has 0 radical (unpaired) electrons. The molecule has 0 atom stereocenters. The number of aryl methyl sites for hydroxylation is 1. The number of aromatic nitrogens is 2. The van der Waals surface area contributed by atoms with Crippen molar-refractivity contribution in [3.63, 3.8) is 0 Å². The predicted molar refractivity (Wildman–Crippen MR) is 98.5 cm³/mol. The molecule has 3 aromatic rings. The molecule has 24 heavy (non-hydrogen) atoms. The minimum absolute atomic E-state index is 0.253. The number of alkyl halides is 1. The quantitative estimate of drug-likeness (QED) is 0.626. The minimum atomic E-state index is -0.413. The van der Waals surface area contributed by atoms with Gasteiger partial charge in [0.15, 0.2) is 0 Å². The summed E-state index contributed by atoms with van der Waals surface area (Å²) in [7, 11) is 0. The van der Waals surface area contributed by atoms with Crippen molar-refractivity contribution in [1.29, 1.82) is 0 Å². The topological polar surface area (TPSA) is 55.2 Å². The van der Waals surface area contributed by atoms with E-state index in [4.69, 9.17) is 11.6 Å². The van der Waals surface area contributed by atoms with Crippen LogP contribution >= 0.6 is 27.5 Å². The van der Waals surface area contributed by atoms with E-state index in [-0.39, 0.29) is 11.4 Å². The van der Waals surface area contributed by atoms with Crippen LogP contribution in [0.4, 0.5) is 5.69 Å². The fourth-order valence-corrected chi connectivity index (χ4v) is 2.97. The van der Waals surface area contributed by atoms with Gasteiger partial charge < -0.3 is 0 Å². The van der Waals surface area contributed by atoms with Gasteiger partial charge >= 0.3 is 0 Å². The molecule has 122 valence electrons. The molecule has 0 aliphatic heterocycles. The first-order valence-corrected chi connectivity index (χ1v) is 8.49. The normalized spacial score (nSPS) is 10.8. The number of halogens is 2. The molecule has 0 fully saturated rings. The van der Waals surface area contributed by atoms with Crippen LogP contribution in [0.15, 0.2) is 57.8 Å². The maximum absolute atomic E-state index is 13.0. The lowest BCUT2D eigenvalue weighted by Gasteiger charge is -2.25. The molecule has 0 aliphatic carbocycles. The molecular formula is C17H13BrClN3O2. The summed E-state index contributed by atoms with van der Waals surface area (Å²) in [6.45, 7) is 1.68. The van der Waals surface area contributed by atoms with E-state index >= 15 is 0 Å². The second-order valence-electron chi connectivity index (χ2n) is 5.11. The average molecular weight is 407 g/mol. The van der Waals surface area contributed by atoms with E-state index in [0.717, 1.165) is 4.47 Å². The van der Waals surface area contributed by atoms with Crippen molar-refractivity contribution >= 4 is 50.0 Å². The van der Waals surface area contributed by atoms with Crippen LogP contribution in [-0.4, -0.2) is 21.4 Å². The van der Waals surface area contributed by atoms with Gasteiger partial charge in [0.25, 0.3) is 11.5 Å². The highest BCUT2D eigenvalue weighted by atomic mass is 79.9. The fourth-order valence-electron chi connectivity index (χ4n) is 2.49. The molecule has 0 N–H and O–H groups in total. The Hall–Kier alpha value is -2.18. The number of rotatable bonds is 3. The number of benzene rings is 2. The third-order valence-electron chi connectivity index (χ3n) is 3.52. The number of carbonyl (C=O) groups is 1. The Morgan fingerprint density at radius 3 is 2.62 bits per heavy atom. The van der Waals surface area contributed by atoms with Gasteiger partial charge in [0, 0.05) is 4.47 Å². The van der Waals surface area contributed by atoms with E-state index in [0.29, 0.717) is 22.4 Å². The van der Waals surface area contributed by atoms with Gasteiger partial charge in [-0.05, 0) is 37.3 Å². The first-order valence-electron chi connectivity index (χ1n) is 7.16. The number of hydrogen-bond donors (Lipinski definition) is 0. The first-order chi connectivity index (χ1) is 11.5. The van der Waals surface area contributed by atoms with Gasteiger partial charge in [0.1, 0.15) is 11.7 Å². The lowest BCUT2D eigenvalue weighted by molar-refractivity contribution is -0.117. The van der Waals surface area contributed by atoms with E-state index in [2.05, 4.69) is 20.9 Å². The molecule has 0 saturated carbocycles. The van der Waals surface area contributed by atoms with E-state index in [1.165, 1.54) is 9.69 Å². The van der Waals surface area contributed by atoms with Gasteiger partial charge in [0.2, 0.25) is 0 Å². The Morgan fingerprint density at radius 1 is 1.25 bits per heavy atom. The highest BCUT2D eigenvalue weighted by molar-refractivity contribution is 9.10. The van der Waals surface area contributed by atoms with E-state index < -0.39 is 5.91 Å². The molecule has 0 spiro atoms. The molecule has 0 bridgehead atoms. The number of nitrogens with zero attached hydrogens (tertiary/aromatic N) is 3. The zero-order valence-electron chi connectivity index (χ0n) is 12.7. The molecule has 7 heteroatoms. The number of para-hydroxylation sites is 1. The van der Waals surface area contributed by atoms with Crippen molar-refractivity contribution in [3.8, 4) is 0 Å². The first kappa shape index (κ1) is 16.7. The van der Waals surface area contributed by atoms with Gasteiger partial charge in [0.05, 0.1) is 16.6 Å². The van der Waals surface area contributed by atoms with Crippen LogP contribution in [0.5, 0.6) is 0 Å². The minimum Gasteiger partial charge on any atom is -0.271 e. The zero-order valence-corrected chi connectivity index (χ0v) is 15.1. The number of fused-ring (bicyclic) bond motifs is 1. The smallest absolute Gasteiger partial charge is 0.271 e. The molecule has 0 unspecified atom stereocenters. The van der Waals surface area contributed by atoms with Gasteiger partial charge in [-0.25, -0.2) is 9.99 Å². The average Bonchev–Trinajstić information content (AvgIpc) is 2.59. The highest BCUT2D eigenvalue weighted by Crippen LogP contribution is 2.19. The van der Waals surface area contributed by atoms with Crippen molar-refractivity contribution in [3.05, 3.63) is 69.2 Å². The standard InChI is InChI=1S/C17H13BrClN3O2/c1-11-20-15-8-7-12(18)9-14(15)17(24)21(11)22(16(23)10-19)13-5-3-2-4-6-13/h2-9H,10H2,1H3. The van der Waals surface area contributed by atoms with E-state index in [1.807, 2.05) is 12.1 Å². The Kier molecular flexibility index (Phi) is 4.69. The maximum Gasteiger partial charge on any atom is 0.280 e. The van der Waals surface area contributed by atoms with Crippen molar-refractivity contribution in [2.75, 3.05) is 10.9 Å². The van der Waals surface area contributed by atoms with Crippen molar-refractivity contribution < 1.29 is 4.79 Å². The third-order valence-corrected chi connectivity index (χ3v) is 4.24. The number of carbonyl (C=O) groups excluding carboxylic acids is 1. The van der Waals surface area contributed by atoms with Crippen LogP contribution in [0.3, 0.4) is 0 Å². The second kappa shape index (κ2) is 6.75. The van der Waals surface area contributed by atoms with Crippen molar-refractivity contribution in [2.24, 2.45) is 0 Å². The Bertz CT molecular complexity index is 973.